The Morgan fingerprint density at radius 2 is 1.48 bits per heavy atom. The van der Waals surface area contributed by atoms with Gasteiger partial charge in [-0.1, -0.05) is 24.3 Å². The van der Waals surface area contributed by atoms with Crippen molar-refractivity contribution in [1.82, 2.24) is 15.3 Å². The minimum Gasteiger partial charge on any atom is -0.618 e. The van der Waals surface area contributed by atoms with Crippen molar-refractivity contribution in [3.05, 3.63) is 81.7 Å². The Hall–Kier alpha value is -4.38. The van der Waals surface area contributed by atoms with Gasteiger partial charge >= 0.3 is 17.6 Å². The molecule has 1 amide bonds. The van der Waals surface area contributed by atoms with Crippen LogP contribution in [0.25, 0.3) is 22.1 Å². The molecule has 0 atom stereocenters. The number of aliphatic hydroxyl groups excluding tert-OH is 1. The number of para-hydroxylation sites is 4. The van der Waals surface area contributed by atoms with E-state index in [1.54, 1.807) is 37.3 Å². The van der Waals surface area contributed by atoms with Crippen LogP contribution in [0.4, 0.5) is 0 Å². The first-order valence-electron chi connectivity index (χ1n) is 9.86. The number of benzene rings is 2. The Labute approximate surface area is 187 Å². The minimum absolute atomic E-state index is 0.0173. The number of carboxylic acids is 1. The Morgan fingerprint density at radius 3 is 2.06 bits per heavy atom. The number of amides is 1. The molecule has 4 aromatic rings. The van der Waals surface area contributed by atoms with Crippen LogP contribution >= 0.6 is 0 Å². The Kier molecular flexibility index (Phi) is 6.94. The second-order valence-electron chi connectivity index (χ2n) is 6.94. The van der Waals surface area contributed by atoms with Gasteiger partial charge in [0.1, 0.15) is 0 Å². The number of aliphatic hydroxyl groups is 1. The second-order valence-corrected chi connectivity index (χ2v) is 6.94. The van der Waals surface area contributed by atoms with E-state index in [4.69, 9.17) is 10.2 Å². The van der Waals surface area contributed by atoms with Crippen molar-refractivity contribution < 1.29 is 29.3 Å². The van der Waals surface area contributed by atoms with E-state index in [-0.39, 0.29) is 41.3 Å². The van der Waals surface area contributed by atoms with Crippen LogP contribution in [0.3, 0.4) is 0 Å². The van der Waals surface area contributed by atoms with Gasteiger partial charge in [-0.25, -0.2) is 14.8 Å². The maximum absolute atomic E-state index is 12.1. The van der Waals surface area contributed by atoms with E-state index in [9.17, 15) is 20.0 Å². The summed E-state index contributed by atoms with van der Waals surface area (Å²) >= 11 is 0. The number of fused-ring (bicyclic) bond motifs is 2. The number of hydrogen-bond acceptors (Lipinski definition) is 7. The molecule has 2 aromatic carbocycles. The lowest BCUT2D eigenvalue weighted by Gasteiger charge is -2.10. The molecule has 0 aliphatic rings. The minimum atomic E-state index is -1.04. The van der Waals surface area contributed by atoms with Crippen molar-refractivity contribution in [1.29, 1.82) is 0 Å². The third kappa shape index (κ3) is 4.77. The van der Waals surface area contributed by atoms with Crippen molar-refractivity contribution in [2.75, 3.05) is 13.2 Å². The normalized spacial score (nSPS) is 10.5. The second kappa shape index (κ2) is 9.83. The van der Waals surface area contributed by atoms with E-state index < -0.39 is 11.9 Å². The number of aromatic carboxylic acids is 1. The molecule has 0 aliphatic carbocycles. The van der Waals surface area contributed by atoms with E-state index >= 15 is 0 Å². The number of nitrogens with zero attached hydrogens (tertiary/aromatic N) is 4. The third-order valence-electron chi connectivity index (χ3n) is 4.73. The van der Waals surface area contributed by atoms with Crippen molar-refractivity contribution in [2.24, 2.45) is 0 Å². The fourth-order valence-corrected chi connectivity index (χ4v) is 3.15. The van der Waals surface area contributed by atoms with Gasteiger partial charge in [-0.15, -0.1) is 4.73 Å². The molecule has 2 aromatic heterocycles. The van der Waals surface area contributed by atoms with Crippen LogP contribution in [0.2, 0.25) is 0 Å². The zero-order valence-corrected chi connectivity index (χ0v) is 17.8. The van der Waals surface area contributed by atoms with E-state index in [2.05, 4.69) is 15.3 Å². The number of rotatable bonds is 4. The number of aryl methyl sites for hydroxylation is 1. The summed E-state index contributed by atoms with van der Waals surface area (Å²) in [6, 6.07) is 13.4. The van der Waals surface area contributed by atoms with E-state index in [0.717, 1.165) is 5.52 Å². The van der Waals surface area contributed by atoms with Crippen molar-refractivity contribution in [3.63, 3.8) is 0 Å². The zero-order chi connectivity index (χ0) is 24.1. The topological polar surface area (TPSA) is 166 Å². The van der Waals surface area contributed by atoms with Gasteiger partial charge in [-0.05, 0) is 19.1 Å². The van der Waals surface area contributed by atoms with Gasteiger partial charge in [0.05, 0.1) is 23.3 Å². The zero-order valence-electron chi connectivity index (χ0n) is 17.8. The first-order valence-corrected chi connectivity index (χ1v) is 9.86. The molecule has 0 saturated heterocycles. The molecule has 0 spiro atoms. The Bertz CT molecular complexity index is 1360. The lowest BCUT2D eigenvalue weighted by Crippen LogP contribution is -2.49. The third-order valence-corrected chi connectivity index (χ3v) is 4.73. The van der Waals surface area contributed by atoms with Crippen LogP contribution in [0.15, 0.2) is 48.5 Å². The maximum Gasteiger partial charge on any atom is 0.356 e. The van der Waals surface area contributed by atoms with Crippen molar-refractivity contribution in [2.45, 2.75) is 13.8 Å². The van der Waals surface area contributed by atoms with E-state index in [1.165, 1.54) is 19.1 Å². The summed E-state index contributed by atoms with van der Waals surface area (Å²) in [5.41, 5.74) is 1.86. The highest BCUT2D eigenvalue weighted by Gasteiger charge is 2.30. The van der Waals surface area contributed by atoms with Crippen LogP contribution in [0.5, 0.6) is 0 Å². The number of carboxylic acid groups (broad SMARTS) is 1. The van der Waals surface area contributed by atoms with Gasteiger partial charge in [-0.3, -0.25) is 4.79 Å². The smallest absolute Gasteiger partial charge is 0.356 e. The van der Waals surface area contributed by atoms with Gasteiger partial charge in [0.15, 0.2) is 5.69 Å². The fourth-order valence-electron chi connectivity index (χ4n) is 3.15. The highest BCUT2D eigenvalue weighted by Crippen LogP contribution is 2.12. The Morgan fingerprint density at radius 1 is 0.939 bits per heavy atom. The molecule has 0 fully saturated rings. The molecule has 0 bridgehead atoms. The molecule has 0 unspecified atom stereocenters. The molecule has 3 N–H and O–H groups in total. The largest absolute Gasteiger partial charge is 0.618 e. The van der Waals surface area contributed by atoms with Crippen LogP contribution in [-0.2, 0) is 0 Å². The number of nitrogens with one attached hydrogen (secondary N) is 1. The summed E-state index contributed by atoms with van der Waals surface area (Å²) < 4.78 is 0.989. The monoisotopic (exact) mass is 451 g/mol. The molecular formula is C22H21N5O6. The molecule has 2 heterocycles. The van der Waals surface area contributed by atoms with Gasteiger partial charge in [0.25, 0.3) is 16.7 Å². The predicted molar refractivity (Wildman–Crippen MR) is 117 cm³/mol. The number of hydrogen-bond donors (Lipinski definition) is 3. The molecule has 11 heteroatoms. The number of carbonyl (C=O) groups is 2. The molecular weight excluding hydrogens is 430 g/mol. The first-order chi connectivity index (χ1) is 15.8. The summed E-state index contributed by atoms with van der Waals surface area (Å²) in [7, 11) is 0. The maximum atomic E-state index is 12.1. The summed E-state index contributed by atoms with van der Waals surface area (Å²) in [5, 5.41) is 44.0. The van der Waals surface area contributed by atoms with E-state index in [1.807, 2.05) is 6.07 Å². The SMILES string of the molecule is Cc1c(C(=O)NCCO)[n+]([O-])c2ccccc2[n+]1[O-].Cc1nc2ccccc2nc1C(=O)O. The quantitative estimate of drug-likeness (QED) is 0.302. The predicted octanol–water partition coefficient (Wildman–Crippen LogP) is 0.774. The molecule has 4 rings (SSSR count). The van der Waals surface area contributed by atoms with Gasteiger partial charge in [0.2, 0.25) is 0 Å². The number of carbonyl (C=O) groups excluding carboxylic acids is 1. The van der Waals surface area contributed by atoms with Crippen molar-refractivity contribution >= 4 is 33.9 Å². The fraction of sp³-hybridized carbons (Fsp3) is 0.182. The van der Waals surface area contributed by atoms with Crippen LogP contribution in [0.1, 0.15) is 32.4 Å². The average Bonchev–Trinajstić information content (AvgIpc) is 2.81. The van der Waals surface area contributed by atoms with Gasteiger partial charge in [-0.2, -0.15) is 4.73 Å². The molecule has 0 saturated carbocycles. The Balaban J connectivity index is 0.000000194. The highest BCUT2D eigenvalue weighted by atomic mass is 16.5. The molecule has 170 valence electrons. The highest BCUT2D eigenvalue weighted by molar-refractivity contribution is 5.92. The molecule has 11 nitrogen and oxygen atoms in total. The van der Waals surface area contributed by atoms with Crippen molar-refractivity contribution in [3.8, 4) is 0 Å². The van der Waals surface area contributed by atoms with Crippen LogP contribution < -0.4 is 14.8 Å². The molecule has 0 aliphatic heterocycles. The first kappa shape index (κ1) is 23.3. The molecule has 33 heavy (non-hydrogen) atoms. The lowest BCUT2D eigenvalue weighted by atomic mass is 10.2. The van der Waals surface area contributed by atoms with Crippen LogP contribution in [-0.4, -0.2) is 45.2 Å². The molecule has 0 radical (unpaired) electrons. The lowest BCUT2D eigenvalue weighted by molar-refractivity contribution is -0.635. The number of aromatic nitrogens is 4. The van der Waals surface area contributed by atoms with Gasteiger partial charge in [0, 0.05) is 25.6 Å². The average molecular weight is 451 g/mol. The summed E-state index contributed by atoms with van der Waals surface area (Å²) in [6.07, 6.45) is 0. The van der Waals surface area contributed by atoms with Crippen LogP contribution in [0, 0.1) is 24.3 Å². The summed E-state index contributed by atoms with van der Waals surface area (Å²) in [4.78, 5) is 30.8. The summed E-state index contributed by atoms with van der Waals surface area (Å²) in [6.45, 7) is 2.82. The van der Waals surface area contributed by atoms with Gasteiger partial charge < -0.3 is 25.9 Å². The summed E-state index contributed by atoms with van der Waals surface area (Å²) in [5.74, 6) is -1.72. The van der Waals surface area contributed by atoms with E-state index in [0.29, 0.717) is 20.7 Å². The standard InChI is InChI=1S/C12H13N3O4.C10H8N2O2/c1-8-11(12(17)13-6-7-16)15(19)10-5-3-2-4-9(10)14(8)18;1-6-9(10(13)14)12-8-5-3-2-4-7(8)11-6/h2-5,16H,6-7H2,1H3,(H,13,17);2-5H,1H3,(H,13,14).